The third-order valence-electron chi connectivity index (χ3n) is 6.91. The molecule has 0 aromatic carbocycles. The van der Waals surface area contributed by atoms with Crippen LogP contribution in [0.2, 0.25) is 0 Å². The lowest BCUT2D eigenvalue weighted by Crippen LogP contribution is -2.43. The minimum Gasteiger partial charge on any atom is -0.355 e. The van der Waals surface area contributed by atoms with Gasteiger partial charge in [0.05, 0.1) is 12.1 Å². The predicted octanol–water partition coefficient (Wildman–Crippen LogP) is 8.25. The molecule has 0 aromatic heterocycles. The first-order valence-corrected chi connectivity index (χ1v) is 18.3. The number of hydrogen-bond donors (Lipinski definition) is 4. The molecule has 0 spiro atoms. The first-order valence-electron chi connectivity index (χ1n) is 15.8. The fraction of sp³-hybridized carbons (Fsp3) is 0.933. The molecule has 0 heterocycles. The quantitative estimate of drug-likeness (QED) is 0.0455. The van der Waals surface area contributed by atoms with Gasteiger partial charge in [-0.15, -0.1) is 34.0 Å². The Kier molecular flexibility index (Phi) is 40.1. The lowest BCUT2D eigenvalue weighted by molar-refractivity contribution is -0.122. The molecule has 40 heavy (non-hydrogen) atoms. The number of carbonyl (C=O) groups excluding carboxylic acids is 2. The fourth-order valence-corrected chi connectivity index (χ4v) is 6.55. The van der Waals surface area contributed by atoms with Crippen LogP contribution in [0.5, 0.6) is 0 Å². The molecule has 0 aromatic rings. The van der Waals surface area contributed by atoms with Gasteiger partial charge in [0.15, 0.2) is 0 Å². The molecule has 0 saturated heterocycles. The van der Waals surface area contributed by atoms with Gasteiger partial charge in [-0.3, -0.25) is 9.59 Å². The highest BCUT2D eigenvalue weighted by molar-refractivity contribution is 8.93. The smallest absolute Gasteiger partial charge is 0.237 e. The molecule has 6 nitrogen and oxygen atoms in total. The molecule has 0 aliphatic heterocycles. The van der Waals surface area contributed by atoms with Crippen molar-refractivity contribution in [1.82, 2.24) is 10.6 Å². The van der Waals surface area contributed by atoms with E-state index in [2.05, 4.69) is 24.5 Å². The highest BCUT2D eigenvalue weighted by Crippen LogP contribution is 2.22. The van der Waals surface area contributed by atoms with Gasteiger partial charge in [-0.1, -0.05) is 151 Å². The molecule has 0 rings (SSSR count). The summed E-state index contributed by atoms with van der Waals surface area (Å²) in [7, 11) is 3.02. The first kappa shape index (κ1) is 45.0. The van der Waals surface area contributed by atoms with Crippen molar-refractivity contribution >= 4 is 67.4 Å². The van der Waals surface area contributed by atoms with E-state index in [1.807, 2.05) is 0 Å². The van der Waals surface area contributed by atoms with Crippen LogP contribution in [0.15, 0.2) is 0 Å². The largest absolute Gasteiger partial charge is 0.355 e. The summed E-state index contributed by atoms with van der Waals surface area (Å²) in [6, 6.07) is -1.06. The van der Waals surface area contributed by atoms with Gasteiger partial charge < -0.3 is 22.1 Å². The van der Waals surface area contributed by atoms with Crippen molar-refractivity contribution in [2.24, 2.45) is 11.5 Å². The van der Waals surface area contributed by atoms with Crippen LogP contribution in [0.1, 0.15) is 142 Å². The normalized spacial score (nSPS) is 12.2. The van der Waals surface area contributed by atoms with Crippen molar-refractivity contribution in [3.05, 3.63) is 0 Å². The van der Waals surface area contributed by atoms with Crippen LogP contribution in [0, 0.1) is 0 Å². The van der Waals surface area contributed by atoms with E-state index in [9.17, 15) is 9.59 Å². The van der Waals surface area contributed by atoms with Crippen LogP contribution >= 0.6 is 55.6 Å². The zero-order valence-corrected chi connectivity index (χ0v) is 30.8. The van der Waals surface area contributed by atoms with Gasteiger partial charge in [0.1, 0.15) is 0 Å². The monoisotopic (exact) mass is 734 g/mol. The van der Waals surface area contributed by atoms with E-state index in [0.29, 0.717) is 24.6 Å². The van der Waals surface area contributed by atoms with Crippen LogP contribution in [0.3, 0.4) is 0 Å². The van der Waals surface area contributed by atoms with E-state index in [1.54, 1.807) is 0 Å². The van der Waals surface area contributed by atoms with E-state index in [-0.39, 0.29) is 45.8 Å². The molecule has 0 bridgehead atoms. The van der Waals surface area contributed by atoms with Crippen LogP contribution in [0.25, 0.3) is 0 Å². The predicted molar refractivity (Wildman–Crippen MR) is 191 cm³/mol. The van der Waals surface area contributed by atoms with Crippen molar-refractivity contribution in [2.75, 3.05) is 24.6 Å². The number of rotatable bonds is 29. The maximum absolute atomic E-state index is 12.2. The van der Waals surface area contributed by atoms with Gasteiger partial charge >= 0.3 is 0 Å². The molecule has 10 heteroatoms. The Balaban J connectivity index is -0.00000684. The van der Waals surface area contributed by atoms with Crippen molar-refractivity contribution in [2.45, 2.75) is 154 Å². The van der Waals surface area contributed by atoms with E-state index < -0.39 is 12.1 Å². The summed E-state index contributed by atoms with van der Waals surface area (Å²) in [6.45, 7) is 5.90. The van der Waals surface area contributed by atoms with Crippen molar-refractivity contribution in [1.29, 1.82) is 0 Å². The molecule has 0 aliphatic carbocycles. The second-order valence-electron chi connectivity index (χ2n) is 10.7. The molecule has 0 fully saturated rings. The second-order valence-corrected chi connectivity index (χ2v) is 13.3. The molecular weight excluding hydrogens is 672 g/mol. The summed E-state index contributed by atoms with van der Waals surface area (Å²) in [6.07, 6.45) is 25.7. The standard InChI is InChI=1S/C30H62N4O2S2.2BrH/c1-3-5-7-9-11-13-15-17-19-21-23-33-29(35)27(31)25-37-38-26-28(32)30(36)34-24-22-20-18-16-14-12-10-8-6-4-2;;/h27-28H,3-26,31-32H2,1-2H3,(H,33,35)(H,34,36);2*1H. The Bertz CT molecular complexity index is 506. The molecule has 242 valence electrons. The summed E-state index contributed by atoms with van der Waals surface area (Å²) in [4.78, 5) is 24.4. The van der Waals surface area contributed by atoms with Crippen LogP contribution in [-0.4, -0.2) is 48.5 Å². The van der Waals surface area contributed by atoms with E-state index in [1.165, 1.54) is 124 Å². The minimum absolute atomic E-state index is 0. The Labute approximate surface area is 276 Å². The molecule has 2 atom stereocenters. The van der Waals surface area contributed by atoms with Crippen LogP contribution in [0.4, 0.5) is 0 Å². The number of carbonyl (C=O) groups is 2. The average Bonchev–Trinajstić information content (AvgIpc) is 2.92. The van der Waals surface area contributed by atoms with Crippen molar-refractivity contribution < 1.29 is 9.59 Å². The highest BCUT2D eigenvalue weighted by Gasteiger charge is 2.16. The number of hydrogen-bond acceptors (Lipinski definition) is 6. The SMILES string of the molecule is Br.Br.CCCCCCCCCCCCNC(=O)C(N)CSSCC(N)C(=O)NCCCCCCCCCCCC. The fourth-order valence-electron chi connectivity index (χ4n) is 4.30. The zero-order chi connectivity index (χ0) is 28.1. The lowest BCUT2D eigenvalue weighted by Gasteiger charge is -2.14. The second kappa shape index (κ2) is 35.7. The van der Waals surface area contributed by atoms with Crippen molar-refractivity contribution in [3.8, 4) is 0 Å². The van der Waals surface area contributed by atoms with Gasteiger partial charge in [0.2, 0.25) is 11.8 Å². The molecule has 2 unspecified atom stereocenters. The molecule has 0 saturated carbocycles. The van der Waals surface area contributed by atoms with E-state index >= 15 is 0 Å². The molecule has 6 N–H and O–H groups in total. The van der Waals surface area contributed by atoms with E-state index in [0.717, 1.165) is 25.7 Å². The van der Waals surface area contributed by atoms with Crippen molar-refractivity contribution in [3.63, 3.8) is 0 Å². The van der Waals surface area contributed by atoms with Gasteiger partial charge in [0, 0.05) is 24.6 Å². The Morgan fingerprint density at radius 2 is 0.750 bits per heavy atom. The van der Waals surface area contributed by atoms with E-state index in [4.69, 9.17) is 11.5 Å². The lowest BCUT2D eigenvalue weighted by atomic mass is 10.1. The Morgan fingerprint density at radius 1 is 0.500 bits per heavy atom. The maximum atomic E-state index is 12.2. The summed E-state index contributed by atoms with van der Waals surface area (Å²) < 4.78 is 0. The first-order chi connectivity index (χ1) is 18.5. The molecular formula is C30H64Br2N4O2S2. The Morgan fingerprint density at radius 3 is 1.02 bits per heavy atom. The highest BCUT2D eigenvalue weighted by atomic mass is 79.9. The van der Waals surface area contributed by atoms with Gasteiger partial charge in [-0.05, 0) is 12.8 Å². The molecule has 2 amide bonds. The topological polar surface area (TPSA) is 110 Å². The summed E-state index contributed by atoms with van der Waals surface area (Å²) >= 11 is 0. The molecule has 0 radical (unpaired) electrons. The number of unbranched alkanes of at least 4 members (excludes halogenated alkanes) is 18. The number of nitrogens with two attached hydrogens (primary N) is 2. The summed E-state index contributed by atoms with van der Waals surface area (Å²) in [5.74, 6) is 0.850. The van der Waals surface area contributed by atoms with Gasteiger partial charge in [0.25, 0.3) is 0 Å². The summed E-state index contributed by atoms with van der Waals surface area (Å²) in [5.41, 5.74) is 12.0. The Hall–Kier alpha value is 0.520. The third kappa shape index (κ3) is 31.5. The van der Waals surface area contributed by atoms with Gasteiger partial charge in [-0.2, -0.15) is 0 Å². The number of halogens is 2. The zero-order valence-electron chi connectivity index (χ0n) is 25.7. The van der Waals surface area contributed by atoms with Crippen LogP contribution < -0.4 is 22.1 Å². The number of nitrogens with one attached hydrogen (secondary N) is 2. The summed E-state index contributed by atoms with van der Waals surface area (Å²) in [5, 5.41) is 5.91. The molecule has 0 aliphatic rings. The third-order valence-corrected chi connectivity index (χ3v) is 9.38. The number of amides is 2. The van der Waals surface area contributed by atoms with Gasteiger partial charge in [-0.25, -0.2) is 0 Å². The average molecular weight is 737 g/mol. The minimum atomic E-state index is -0.531. The van der Waals surface area contributed by atoms with Crippen LogP contribution in [-0.2, 0) is 9.59 Å². The maximum Gasteiger partial charge on any atom is 0.237 e.